The number of hydrogen-bond acceptors (Lipinski definition) is 3. The molecule has 1 aromatic carbocycles. The summed E-state index contributed by atoms with van der Waals surface area (Å²) in [4.78, 5) is 7.22. The molecule has 0 radical (unpaired) electrons. The summed E-state index contributed by atoms with van der Waals surface area (Å²) in [7, 11) is 0. The van der Waals surface area contributed by atoms with Gasteiger partial charge in [0.15, 0.2) is 11.6 Å². The summed E-state index contributed by atoms with van der Waals surface area (Å²) >= 11 is 0. The maximum atomic E-state index is 4.86. The van der Waals surface area contributed by atoms with E-state index in [0.29, 0.717) is 0 Å². The summed E-state index contributed by atoms with van der Waals surface area (Å²) in [5.74, 6) is 2.01. The third kappa shape index (κ3) is 4.63. The van der Waals surface area contributed by atoms with E-state index in [9.17, 15) is 0 Å². The van der Waals surface area contributed by atoms with Crippen molar-refractivity contribution in [3.05, 3.63) is 65.6 Å². The van der Waals surface area contributed by atoms with Gasteiger partial charge in [-0.15, -0.1) is 34.2 Å². The third-order valence-corrected chi connectivity index (χ3v) is 4.97. The Morgan fingerprint density at radius 3 is 2.79 bits per heavy atom. The van der Waals surface area contributed by atoms with Crippen LogP contribution in [0.1, 0.15) is 30.3 Å². The van der Waals surface area contributed by atoms with Gasteiger partial charge in [0, 0.05) is 38.8 Å². The van der Waals surface area contributed by atoms with E-state index < -0.39 is 0 Å². The van der Waals surface area contributed by atoms with Crippen LogP contribution in [0, 0.1) is 0 Å². The minimum absolute atomic E-state index is 0. The molecule has 3 aromatic rings. The highest BCUT2D eigenvalue weighted by molar-refractivity contribution is 14.0. The van der Waals surface area contributed by atoms with E-state index in [1.165, 1.54) is 11.1 Å². The van der Waals surface area contributed by atoms with Gasteiger partial charge < -0.3 is 10.2 Å². The van der Waals surface area contributed by atoms with Gasteiger partial charge in [-0.05, 0) is 43.0 Å². The Hall–Kier alpha value is -2.16. The second-order valence-electron chi connectivity index (χ2n) is 6.82. The molecule has 0 bridgehead atoms. The number of fused-ring (bicyclic) bond motifs is 2. The molecule has 6 nitrogen and oxygen atoms in total. The fraction of sp³-hybridized carbons (Fsp3) is 0.381. The molecule has 3 heterocycles. The average Bonchev–Trinajstić information content (AvgIpc) is 3.13. The van der Waals surface area contributed by atoms with Crippen LogP contribution in [0.2, 0.25) is 0 Å². The molecule has 0 amide bonds. The highest BCUT2D eigenvalue weighted by Gasteiger charge is 2.18. The minimum atomic E-state index is 0. The summed E-state index contributed by atoms with van der Waals surface area (Å²) in [5, 5.41) is 12.0. The zero-order valence-corrected chi connectivity index (χ0v) is 18.5. The van der Waals surface area contributed by atoms with E-state index in [1.807, 2.05) is 24.4 Å². The van der Waals surface area contributed by atoms with Crippen molar-refractivity contribution in [3.63, 3.8) is 0 Å². The lowest BCUT2D eigenvalue weighted by Gasteiger charge is -2.31. The number of benzene rings is 1. The highest BCUT2D eigenvalue weighted by atomic mass is 127. The molecule has 1 aliphatic rings. The van der Waals surface area contributed by atoms with E-state index in [4.69, 9.17) is 4.99 Å². The lowest BCUT2D eigenvalue weighted by Crippen LogP contribution is -2.44. The van der Waals surface area contributed by atoms with Gasteiger partial charge >= 0.3 is 0 Å². The van der Waals surface area contributed by atoms with Gasteiger partial charge in [0.25, 0.3) is 0 Å². The molecular weight excluding hydrogens is 463 g/mol. The van der Waals surface area contributed by atoms with Crippen molar-refractivity contribution in [3.8, 4) is 0 Å². The molecule has 0 spiro atoms. The molecule has 0 saturated carbocycles. The number of aryl methyl sites for hydroxylation is 1. The summed E-state index contributed by atoms with van der Waals surface area (Å²) < 4.78 is 2.05. The van der Waals surface area contributed by atoms with E-state index in [2.05, 4.69) is 56.0 Å². The molecule has 1 N–H and O–H groups in total. The van der Waals surface area contributed by atoms with Crippen LogP contribution >= 0.6 is 24.0 Å². The maximum Gasteiger partial charge on any atom is 0.194 e. The van der Waals surface area contributed by atoms with Gasteiger partial charge in [-0.3, -0.25) is 9.39 Å². The normalized spacial score (nSPS) is 13.9. The number of pyridine rings is 1. The molecule has 0 atom stereocenters. The Kier molecular flexibility index (Phi) is 7.24. The zero-order valence-electron chi connectivity index (χ0n) is 16.2. The van der Waals surface area contributed by atoms with Crippen LogP contribution in [0.25, 0.3) is 5.65 Å². The highest BCUT2D eigenvalue weighted by Crippen LogP contribution is 2.18. The lowest BCUT2D eigenvalue weighted by molar-refractivity contribution is 0.378. The first kappa shape index (κ1) is 20.6. The monoisotopic (exact) mass is 490 g/mol. The van der Waals surface area contributed by atoms with Crippen molar-refractivity contribution in [2.75, 3.05) is 19.6 Å². The molecule has 7 heteroatoms. The number of aromatic nitrogens is 3. The fourth-order valence-electron chi connectivity index (χ4n) is 3.59. The van der Waals surface area contributed by atoms with E-state index in [0.717, 1.165) is 62.9 Å². The molecule has 28 heavy (non-hydrogen) atoms. The molecule has 0 aliphatic carbocycles. The predicted octanol–water partition coefficient (Wildman–Crippen LogP) is 3.30. The zero-order chi connectivity index (χ0) is 18.5. The second kappa shape index (κ2) is 9.86. The molecule has 2 aromatic heterocycles. The Balaban J connectivity index is 0.00000225. The number of aliphatic imine (C=N–C) groups is 1. The lowest BCUT2D eigenvalue weighted by atomic mass is 10.0. The van der Waals surface area contributed by atoms with Crippen LogP contribution in [-0.2, 0) is 19.4 Å². The SMILES string of the molecule is CCNC(=NCCCc1nnc2ccccn12)N1CCc2ccccc2C1.I. The molecular formula is C21H27IN6. The maximum absolute atomic E-state index is 4.86. The smallest absolute Gasteiger partial charge is 0.194 e. The van der Waals surface area contributed by atoms with Crippen molar-refractivity contribution in [2.24, 2.45) is 4.99 Å². The molecule has 148 valence electrons. The number of nitrogens with one attached hydrogen (secondary N) is 1. The molecule has 4 rings (SSSR count). The molecule has 0 unspecified atom stereocenters. The van der Waals surface area contributed by atoms with Crippen molar-refractivity contribution >= 4 is 35.6 Å². The Labute approximate surface area is 183 Å². The number of hydrogen-bond donors (Lipinski definition) is 1. The van der Waals surface area contributed by atoms with Crippen molar-refractivity contribution < 1.29 is 0 Å². The van der Waals surface area contributed by atoms with Gasteiger partial charge in [-0.1, -0.05) is 30.3 Å². The summed E-state index contributed by atoms with van der Waals surface area (Å²) in [6, 6.07) is 14.7. The first-order chi connectivity index (χ1) is 13.3. The quantitative estimate of drug-likeness (QED) is 0.258. The van der Waals surface area contributed by atoms with Gasteiger partial charge in [-0.25, -0.2) is 0 Å². The second-order valence-corrected chi connectivity index (χ2v) is 6.82. The summed E-state index contributed by atoms with van der Waals surface area (Å²) in [5.41, 5.74) is 3.77. The Morgan fingerprint density at radius 2 is 1.93 bits per heavy atom. The van der Waals surface area contributed by atoms with Gasteiger partial charge in [0.05, 0.1) is 0 Å². The van der Waals surface area contributed by atoms with Crippen molar-refractivity contribution in [1.82, 2.24) is 24.8 Å². The predicted molar refractivity (Wildman–Crippen MR) is 123 cm³/mol. The van der Waals surface area contributed by atoms with Crippen LogP contribution in [0.15, 0.2) is 53.7 Å². The standard InChI is InChI=1S/C21H26N6.HI/c1-2-22-21(26-15-12-17-8-3-4-9-18(17)16-26)23-13-7-11-20-25-24-19-10-5-6-14-27(19)20;/h3-6,8-10,14H,2,7,11-13,15-16H2,1H3,(H,22,23);1H. The largest absolute Gasteiger partial charge is 0.357 e. The molecule has 1 aliphatic heterocycles. The Morgan fingerprint density at radius 1 is 1.11 bits per heavy atom. The van der Waals surface area contributed by atoms with E-state index in [-0.39, 0.29) is 24.0 Å². The van der Waals surface area contributed by atoms with Gasteiger partial charge in [-0.2, -0.15) is 0 Å². The fourth-order valence-corrected chi connectivity index (χ4v) is 3.59. The molecule has 0 fully saturated rings. The number of nitrogens with zero attached hydrogens (tertiary/aromatic N) is 5. The van der Waals surface area contributed by atoms with Crippen molar-refractivity contribution in [1.29, 1.82) is 0 Å². The van der Waals surface area contributed by atoms with Crippen LogP contribution in [0.5, 0.6) is 0 Å². The van der Waals surface area contributed by atoms with Crippen LogP contribution < -0.4 is 5.32 Å². The number of guanidine groups is 1. The van der Waals surface area contributed by atoms with E-state index >= 15 is 0 Å². The Bertz CT molecular complexity index is 935. The summed E-state index contributed by atoms with van der Waals surface area (Å²) in [6.45, 7) is 5.72. The first-order valence-electron chi connectivity index (χ1n) is 9.74. The average molecular weight is 490 g/mol. The number of halogens is 1. The topological polar surface area (TPSA) is 57.8 Å². The first-order valence-corrected chi connectivity index (χ1v) is 9.74. The van der Waals surface area contributed by atoms with Gasteiger partial charge in [0.2, 0.25) is 0 Å². The van der Waals surface area contributed by atoms with Crippen molar-refractivity contribution in [2.45, 2.75) is 32.7 Å². The van der Waals surface area contributed by atoms with Gasteiger partial charge in [0.1, 0.15) is 5.82 Å². The van der Waals surface area contributed by atoms with E-state index in [1.54, 1.807) is 0 Å². The van der Waals surface area contributed by atoms with Crippen LogP contribution in [0.3, 0.4) is 0 Å². The molecule has 0 saturated heterocycles. The van der Waals surface area contributed by atoms with Crippen LogP contribution in [0.4, 0.5) is 0 Å². The third-order valence-electron chi connectivity index (χ3n) is 4.97. The minimum Gasteiger partial charge on any atom is -0.357 e. The summed E-state index contributed by atoms with van der Waals surface area (Å²) in [6.07, 6.45) is 4.92. The van der Waals surface area contributed by atoms with Crippen LogP contribution in [-0.4, -0.2) is 45.1 Å². The number of rotatable bonds is 5.